The molecule has 0 heterocycles. The van der Waals surface area contributed by atoms with Crippen LogP contribution in [0.1, 0.15) is 27.7 Å². The Hall–Kier alpha value is -0.120. The summed E-state index contributed by atoms with van der Waals surface area (Å²) in [4.78, 5) is 2.32. The normalized spacial score (nSPS) is 14.6. The summed E-state index contributed by atoms with van der Waals surface area (Å²) in [5, 5.41) is 3.55. The second-order valence-corrected chi connectivity index (χ2v) is 5.23. The molecular weight excluding hydrogens is 188 g/mol. The first-order valence-corrected chi connectivity index (χ1v) is 5.82. The highest BCUT2D eigenvalue weighted by Crippen LogP contribution is 2.19. The molecule has 0 bridgehead atoms. The topological polar surface area (TPSA) is 24.5 Å². The number of nitrogens with zero attached hydrogens (tertiary/aromatic N) is 1. The minimum atomic E-state index is 0.303. The molecule has 0 radical (unpaired) electrons. The summed E-state index contributed by atoms with van der Waals surface area (Å²) in [5.41, 5.74) is 0.303. The second kappa shape index (κ2) is 7.20. The van der Waals surface area contributed by atoms with Crippen molar-refractivity contribution in [3.63, 3.8) is 0 Å². The van der Waals surface area contributed by atoms with Gasteiger partial charge in [0.2, 0.25) is 0 Å². The number of likely N-dealkylation sites (N-methyl/N-ethyl adjacent to an activating group) is 2. The molecule has 3 heteroatoms. The fourth-order valence-corrected chi connectivity index (χ4v) is 1.54. The van der Waals surface area contributed by atoms with E-state index in [2.05, 4.69) is 45.0 Å². The first-order chi connectivity index (χ1) is 6.91. The summed E-state index contributed by atoms with van der Waals surface area (Å²) in [7, 11) is 3.90. The van der Waals surface area contributed by atoms with Crippen molar-refractivity contribution in [2.24, 2.45) is 5.41 Å². The number of methoxy groups -OCH3 is 1. The molecule has 0 aromatic carbocycles. The first kappa shape index (κ1) is 14.9. The summed E-state index contributed by atoms with van der Waals surface area (Å²) in [6, 6.07) is 0.532. The van der Waals surface area contributed by atoms with Crippen molar-refractivity contribution in [2.75, 3.05) is 40.4 Å². The third-order valence-corrected chi connectivity index (χ3v) is 2.67. The van der Waals surface area contributed by atoms with E-state index in [4.69, 9.17) is 4.74 Å². The zero-order chi connectivity index (χ0) is 11.9. The molecule has 1 N–H and O–H groups in total. The monoisotopic (exact) mass is 216 g/mol. The van der Waals surface area contributed by atoms with Crippen LogP contribution < -0.4 is 5.32 Å². The van der Waals surface area contributed by atoms with Crippen molar-refractivity contribution < 1.29 is 4.74 Å². The van der Waals surface area contributed by atoms with Crippen molar-refractivity contribution in [3.05, 3.63) is 0 Å². The third-order valence-electron chi connectivity index (χ3n) is 2.67. The Balaban J connectivity index is 4.04. The molecule has 0 amide bonds. The van der Waals surface area contributed by atoms with E-state index < -0.39 is 0 Å². The largest absolute Gasteiger partial charge is 0.383 e. The molecule has 92 valence electrons. The molecule has 0 aromatic heterocycles. The molecular formula is C12H28N2O. The Bertz CT molecular complexity index is 154. The highest BCUT2D eigenvalue weighted by atomic mass is 16.5. The average molecular weight is 216 g/mol. The van der Waals surface area contributed by atoms with Gasteiger partial charge in [0.05, 0.1) is 6.61 Å². The SMILES string of the molecule is CCNC(CN(C)CCOC)C(C)(C)C. The Labute approximate surface area is 95.2 Å². The highest BCUT2D eigenvalue weighted by molar-refractivity contribution is 4.82. The van der Waals surface area contributed by atoms with Gasteiger partial charge in [-0.05, 0) is 19.0 Å². The van der Waals surface area contributed by atoms with Crippen LogP contribution in [0.3, 0.4) is 0 Å². The number of hydrogen-bond donors (Lipinski definition) is 1. The Morgan fingerprint density at radius 1 is 1.33 bits per heavy atom. The van der Waals surface area contributed by atoms with E-state index in [-0.39, 0.29) is 0 Å². The molecule has 0 aliphatic heterocycles. The van der Waals surface area contributed by atoms with Crippen LogP contribution in [0.4, 0.5) is 0 Å². The maximum atomic E-state index is 5.08. The molecule has 1 atom stereocenters. The van der Waals surface area contributed by atoms with Gasteiger partial charge in [-0.25, -0.2) is 0 Å². The first-order valence-electron chi connectivity index (χ1n) is 5.82. The lowest BCUT2D eigenvalue weighted by Crippen LogP contribution is -2.48. The summed E-state index contributed by atoms with van der Waals surface area (Å²) >= 11 is 0. The second-order valence-electron chi connectivity index (χ2n) is 5.23. The molecule has 0 fully saturated rings. The fourth-order valence-electron chi connectivity index (χ4n) is 1.54. The Kier molecular flexibility index (Phi) is 7.14. The van der Waals surface area contributed by atoms with Crippen LogP contribution in [-0.2, 0) is 4.74 Å². The average Bonchev–Trinajstić information content (AvgIpc) is 2.12. The van der Waals surface area contributed by atoms with Gasteiger partial charge in [-0.2, -0.15) is 0 Å². The van der Waals surface area contributed by atoms with Crippen LogP contribution in [0.25, 0.3) is 0 Å². The molecule has 0 aromatic rings. The van der Waals surface area contributed by atoms with Crippen LogP contribution in [0, 0.1) is 5.41 Å². The van der Waals surface area contributed by atoms with Gasteiger partial charge in [-0.15, -0.1) is 0 Å². The molecule has 0 spiro atoms. The molecule has 0 aliphatic rings. The number of rotatable bonds is 7. The number of hydrogen-bond acceptors (Lipinski definition) is 3. The lowest BCUT2D eigenvalue weighted by atomic mass is 9.86. The Morgan fingerprint density at radius 3 is 2.33 bits per heavy atom. The van der Waals surface area contributed by atoms with Gasteiger partial charge in [0.1, 0.15) is 0 Å². The fraction of sp³-hybridized carbons (Fsp3) is 1.00. The predicted octanol–water partition coefficient (Wildman–Crippen LogP) is 1.59. The minimum absolute atomic E-state index is 0.303. The van der Waals surface area contributed by atoms with E-state index in [0.717, 1.165) is 26.2 Å². The zero-order valence-corrected chi connectivity index (χ0v) is 11.3. The molecule has 0 saturated heterocycles. The molecule has 0 saturated carbocycles. The molecule has 15 heavy (non-hydrogen) atoms. The summed E-state index contributed by atoms with van der Waals surface area (Å²) in [6.45, 7) is 12.9. The van der Waals surface area contributed by atoms with E-state index in [1.807, 2.05) is 0 Å². The van der Waals surface area contributed by atoms with Crippen LogP contribution in [0.15, 0.2) is 0 Å². The van der Waals surface area contributed by atoms with Gasteiger partial charge in [0.25, 0.3) is 0 Å². The lowest BCUT2D eigenvalue weighted by Gasteiger charge is -2.34. The van der Waals surface area contributed by atoms with Crippen molar-refractivity contribution in [2.45, 2.75) is 33.7 Å². The predicted molar refractivity (Wildman–Crippen MR) is 66.3 cm³/mol. The Morgan fingerprint density at radius 2 is 1.93 bits per heavy atom. The van der Waals surface area contributed by atoms with Gasteiger partial charge < -0.3 is 15.0 Å². The lowest BCUT2D eigenvalue weighted by molar-refractivity contribution is 0.138. The van der Waals surface area contributed by atoms with Crippen LogP contribution in [0.5, 0.6) is 0 Å². The van der Waals surface area contributed by atoms with E-state index in [9.17, 15) is 0 Å². The van der Waals surface area contributed by atoms with Gasteiger partial charge in [-0.3, -0.25) is 0 Å². The zero-order valence-electron chi connectivity index (χ0n) is 11.3. The highest BCUT2D eigenvalue weighted by Gasteiger charge is 2.24. The van der Waals surface area contributed by atoms with E-state index >= 15 is 0 Å². The molecule has 0 aliphatic carbocycles. The summed E-state index contributed by atoms with van der Waals surface area (Å²) in [5.74, 6) is 0. The van der Waals surface area contributed by atoms with Crippen molar-refractivity contribution in [3.8, 4) is 0 Å². The maximum absolute atomic E-state index is 5.08. The van der Waals surface area contributed by atoms with Crippen LogP contribution in [-0.4, -0.2) is 51.3 Å². The number of nitrogens with one attached hydrogen (secondary N) is 1. The molecule has 3 nitrogen and oxygen atoms in total. The van der Waals surface area contributed by atoms with Gasteiger partial charge in [-0.1, -0.05) is 27.7 Å². The smallest absolute Gasteiger partial charge is 0.0589 e. The van der Waals surface area contributed by atoms with Crippen molar-refractivity contribution in [1.82, 2.24) is 10.2 Å². The quantitative estimate of drug-likeness (QED) is 0.699. The van der Waals surface area contributed by atoms with Crippen molar-refractivity contribution >= 4 is 0 Å². The van der Waals surface area contributed by atoms with Crippen LogP contribution in [0.2, 0.25) is 0 Å². The van der Waals surface area contributed by atoms with E-state index in [1.165, 1.54) is 0 Å². The van der Waals surface area contributed by atoms with Gasteiger partial charge in [0, 0.05) is 26.2 Å². The molecule has 0 rings (SSSR count). The van der Waals surface area contributed by atoms with Crippen molar-refractivity contribution in [1.29, 1.82) is 0 Å². The minimum Gasteiger partial charge on any atom is -0.383 e. The summed E-state index contributed by atoms with van der Waals surface area (Å²) < 4.78 is 5.08. The standard InChI is InChI=1S/C12H28N2O/c1-7-13-11(12(2,3)4)10-14(5)8-9-15-6/h11,13H,7-10H2,1-6H3. The maximum Gasteiger partial charge on any atom is 0.0589 e. The van der Waals surface area contributed by atoms with E-state index in [1.54, 1.807) is 7.11 Å². The third kappa shape index (κ3) is 6.88. The van der Waals surface area contributed by atoms with Crippen LogP contribution >= 0.6 is 0 Å². The van der Waals surface area contributed by atoms with Gasteiger partial charge in [0.15, 0.2) is 0 Å². The number of ether oxygens (including phenoxy) is 1. The summed E-state index contributed by atoms with van der Waals surface area (Å²) in [6.07, 6.45) is 0. The molecule has 1 unspecified atom stereocenters. The van der Waals surface area contributed by atoms with E-state index in [0.29, 0.717) is 11.5 Å². The van der Waals surface area contributed by atoms with Gasteiger partial charge >= 0.3 is 0 Å².